The third-order valence-electron chi connectivity index (χ3n) is 4.21. The molecule has 1 aliphatic heterocycles. The molecule has 1 aromatic carbocycles. The summed E-state index contributed by atoms with van der Waals surface area (Å²) in [6.45, 7) is 10.3. The first-order chi connectivity index (χ1) is 10.5. The van der Waals surface area contributed by atoms with Crippen LogP contribution in [-0.4, -0.2) is 22.8 Å². The van der Waals surface area contributed by atoms with Gasteiger partial charge < -0.3 is 10.6 Å². The molecule has 1 aliphatic rings. The molecule has 4 nitrogen and oxygen atoms in total. The fraction of sp³-hybridized carbons (Fsp3) is 0.556. The first-order valence-corrected chi connectivity index (χ1v) is 8.69. The highest BCUT2D eigenvalue weighted by atomic mass is 79.9. The number of aryl methyl sites for hydroxylation is 1. The van der Waals surface area contributed by atoms with E-state index in [-0.39, 0.29) is 22.8 Å². The highest BCUT2D eigenvalue weighted by molar-refractivity contribution is 9.10. The van der Waals surface area contributed by atoms with Crippen molar-refractivity contribution < 1.29 is 9.59 Å². The second-order valence-corrected chi connectivity index (χ2v) is 8.63. The van der Waals surface area contributed by atoms with Gasteiger partial charge in [0.1, 0.15) is 0 Å². The van der Waals surface area contributed by atoms with Gasteiger partial charge in [0.25, 0.3) is 5.91 Å². The quantitative estimate of drug-likeness (QED) is 0.783. The van der Waals surface area contributed by atoms with E-state index in [0.717, 1.165) is 10.0 Å². The van der Waals surface area contributed by atoms with Crippen molar-refractivity contribution in [1.29, 1.82) is 0 Å². The normalized spacial score (nSPS) is 20.1. The molecule has 1 amide bonds. The molecule has 2 rings (SSSR count). The lowest BCUT2D eigenvalue weighted by Gasteiger charge is -2.45. The molecule has 0 bridgehead atoms. The van der Waals surface area contributed by atoms with Gasteiger partial charge in [-0.05, 0) is 65.2 Å². The van der Waals surface area contributed by atoms with Crippen LogP contribution in [0, 0.1) is 12.8 Å². The topological polar surface area (TPSA) is 58.2 Å². The van der Waals surface area contributed by atoms with Gasteiger partial charge in [-0.1, -0.05) is 22.0 Å². The minimum Gasteiger partial charge on any atom is -0.319 e. The highest BCUT2D eigenvalue weighted by Gasteiger charge is 2.42. The highest BCUT2D eigenvalue weighted by Crippen LogP contribution is 2.33. The Bertz CT molecular complexity index is 622. The third-order valence-corrected chi connectivity index (χ3v) is 5.07. The van der Waals surface area contributed by atoms with Crippen LogP contribution in [0.25, 0.3) is 0 Å². The molecule has 0 atom stereocenters. The number of amides is 1. The lowest BCUT2D eigenvalue weighted by Crippen LogP contribution is -2.59. The van der Waals surface area contributed by atoms with Crippen LogP contribution in [0.1, 0.15) is 46.1 Å². The standard InChI is InChI=1S/C18H25BrN2O2/c1-11-6-7-13(8-14(11)19)20-16(23)15(22)12-9-17(2,3)21-18(4,5)10-12/h6-8,12,21H,9-10H2,1-5H3,(H,20,23). The molecule has 5 heteroatoms. The van der Waals surface area contributed by atoms with Crippen molar-refractivity contribution in [2.24, 2.45) is 5.92 Å². The number of nitrogens with one attached hydrogen (secondary N) is 2. The maximum Gasteiger partial charge on any atom is 0.292 e. The van der Waals surface area contributed by atoms with Gasteiger partial charge in [0, 0.05) is 27.2 Å². The fourth-order valence-corrected chi connectivity index (χ4v) is 3.94. The number of halogens is 1. The molecule has 1 heterocycles. The first-order valence-electron chi connectivity index (χ1n) is 7.90. The average Bonchev–Trinajstić information content (AvgIpc) is 2.38. The van der Waals surface area contributed by atoms with E-state index in [4.69, 9.17) is 0 Å². The number of hydrogen-bond donors (Lipinski definition) is 2. The summed E-state index contributed by atoms with van der Waals surface area (Å²) < 4.78 is 0.909. The van der Waals surface area contributed by atoms with Gasteiger partial charge in [-0.3, -0.25) is 9.59 Å². The molecule has 1 aromatic rings. The summed E-state index contributed by atoms with van der Waals surface area (Å²) in [6, 6.07) is 5.53. The van der Waals surface area contributed by atoms with Gasteiger partial charge in [0.15, 0.2) is 0 Å². The van der Waals surface area contributed by atoms with Crippen LogP contribution in [0.5, 0.6) is 0 Å². The van der Waals surface area contributed by atoms with Crippen LogP contribution in [0.3, 0.4) is 0 Å². The van der Waals surface area contributed by atoms with Crippen LogP contribution in [0.4, 0.5) is 5.69 Å². The third kappa shape index (κ3) is 4.64. The lowest BCUT2D eigenvalue weighted by molar-refractivity contribution is -0.139. The van der Waals surface area contributed by atoms with E-state index in [0.29, 0.717) is 18.5 Å². The maximum absolute atomic E-state index is 12.6. The molecular weight excluding hydrogens is 356 g/mol. The lowest BCUT2D eigenvalue weighted by atomic mass is 9.74. The second-order valence-electron chi connectivity index (χ2n) is 7.78. The van der Waals surface area contributed by atoms with Crippen LogP contribution in [0.2, 0.25) is 0 Å². The van der Waals surface area contributed by atoms with E-state index < -0.39 is 5.91 Å². The van der Waals surface area contributed by atoms with Crippen molar-refractivity contribution in [1.82, 2.24) is 5.32 Å². The van der Waals surface area contributed by atoms with Crippen molar-refractivity contribution in [2.45, 2.75) is 58.5 Å². The smallest absolute Gasteiger partial charge is 0.292 e. The van der Waals surface area contributed by atoms with Crippen molar-refractivity contribution >= 4 is 33.3 Å². The van der Waals surface area contributed by atoms with E-state index >= 15 is 0 Å². The molecule has 0 saturated carbocycles. The van der Waals surface area contributed by atoms with Crippen LogP contribution in [-0.2, 0) is 9.59 Å². The largest absolute Gasteiger partial charge is 0.319 e. The Labute approximate surface area is 146 Å². The van der Waals surface area contributed by atoms with Gasteiger partial charge in [-0.25, -0.2) is 0 Å². The molecule has 0 unspecified atom stereocenters. The number of hydrogen-bond acceptors (Lipinski definition) is 3. The van der Waals surface area contributed by atoms with Crippen molar-refractivity contribution in [3.63, 3.8) is 0 Å². The van der Waals surface area contributed by atoms with Crippen LogP contribution >= 0.6 is 15.9 Å². The summed E-state index contributed by atoms with van der Waals surface area (Å²) in [5.74, 6) is -1.11. The van der Waals surface area contributed by atoms with Crippen molar-refractivity contribution in [3.8, 4) is 0 Å². The Hall–Kier alpha value is -1.20. The molecule has 2 N–H and O–H groups in total. The predicted octanol–water partition coefficient (Wildman–Crippen LogP) is 3.82. The zero-order chi connectivity index (χ0) is 17.4. The summed E-state index contributed by atoms with van der Waals surface area (Å²) in [5, 5.41) is 6.25. The number of carbonyl (C=O) groups is 2. The summed E-state index contributed by atoms with van der Waals surface area (Å²) in [7, 11) is 0. The van der Waals surface area contributed by atoms with E-state index in [9.17, 15) is 9.59 Å². The first kappa shape index (κ1) is 18.1. The molecule has 0 aromatic heterocycles. The minimum absolute atomic E-state index is 0.157. The van der Waals surface area contributed by atoms with E-state index in [2.05, 4.69) is 54.3 Å². The Kier molecular flexibility index (Phi) is 5.02. The predicted molar refractivity (Wildman–Crippen MR) is 96.5 cm³/mol. The van der Waals surface area contributed by atoms with E-state index in [1.54, 1.807) is 0 Å². The molecule has 1 fully saturated rings. The van der Waals surface area contributed by atoms with Gasteiger partial charge in [-0.2, -0.15) is 0 Å². The fourth-order valence-electron chi connectivity index (χ4n) is 3.56. The number of Topliss-reactive ketones (excluding diaryl/α,β-unsaturated/α-hetero) is 1. The zero-order valence-corrected chi connectivity index (χ0v) is 16.0. The number of ketones is 1. The number of carbonyl (C=O) groups excluding carboxylic acids is 2. The molecular formula is C18H25BrN2O2. The number of rotatable bonds is 3. The minimum atomic E-state index is -0.528. The van der Waals surface area contributed by atoms with Crippen LogP contribution in [0.15, 0.2) is 22.7 Å². The Balaban J connectivity index is 2.10. The number of anilines is 1. The molecule has 23 heavy (non-hydrogen) atoms. The van der Waals surface area contributed by atoms with E-state index in [1.807, 2.05) is 25.1 Å². The second kappa shape index (κ2) is 6.36. The van der Waals surface area contributed by atoms with Gasteiger partial charge in [0.2, 0.25) is 5.78 Å². The Morgan fingerprint density at radius 3 is 2.26 bits per heavy atom. The molecule has 0 aliphatic carbocycles. The molecule has 1 saturated heterocycles. The monoisotopic (exact) mass is 380 g/mol. The van der Waals surface area contributed by atoms with Gasteiger partial charge in [0.05, 0.1) is 0 Å². The molecule has 126 valence electrons. The zero-order valence-electron chi connectivity index (χ0n) is 14.4. The van der Waals surface area contributed by atoms with Crippen LogP contribution < -0.4 is 10.6 Å². The van der Waals surface area contributed by atoms with Gasteiger partial charge >= 0.3 is 0 Å². The number of piperidine rings is 1. The Morgan fingerprint density at radius 1 is 1.17 bits per heavy atom. The SMILES string of the molecule is Cc1ccc(NC(=O)C(=O)C2CC(C)(C)NC(C)(C)C2)cc1Br. The van der Waals surface area contributed by atoms with Gasteiger partial charge in [-0.15, -0.1) is 0 Å². The van der Waals surface area contributed by atoms with Crippen molar-refractivity contribution in [3.05, 3.63) is 28.2 Å². The Morgan fingerprint density at radius 2 is 1.74 bits per heavy atom. The maximum atomic E-state index is 12.6. The summed E-state index contributed by atoms with van der Waals surface area (Å²) in [6.07, 6.45) is 1.33. The van der Waals surface area contributed by atoms with E-state index in [1.165, 1.54) is 0 Å². The summed E-state index contributed by atoms with van der Waals surface area (Å²) >= 11 is 3.43. The number of benzene rings is 1. The van der Waals surface area contributed by atoms with Crippen molar-refractivity contribution in [2.75, 3.05) is 5.32 Å². The summed E-state index contributed by atoms with van der Waals surface area (Å²) in [4.78, 5) is 24.9. The summed E-state index contributed by atoms with van der Waals surface area (Å²) in [5.41, 5.74) is 1.40. The average molecular weight is 381 g/mol. The molecule has 0 spiro atoms. The molecule has 0 radical (unpaired) electrons.